The first-order chi connectivity index (χ1) is 11.0. The van der Waals surface area contributed by atoms with E-state index < -0.39 is 10.0 Å². The summed E-state index contributed by atoms with van der Waals surface area (Å²) in [5.74, 6) is 0.652. The molecule has 3 N–H and O–H groups in total. The number of hydrogen-bond acceptors (Lipinski definition) is 5. The quantitative estimate of drug-likeness (QED) is 0.709. The summed E-state index contributed by atoms with van der Waals surface area (Å²) in [5.41, 5.74) is 0. The molecule has 3 unspecified atom stereocenters. The van der Waals surface area contributed by atoms with Gasteiger partial charge in [0.05, 0.1) is 12.6 Å². The molecular formula is C15H24ClN3O3S2. The molecule has 3 rings (SSSR count). The molecule has 0 bridgehead atoms. The van der Waals surface area contributed by atoms with Crippen LogP contribution in [0.5, 0.6) is 0 Å². The van der Waals surface area contributed by atoms with E-state index in [1.807, 2.05) is 0 Å². The Bertz CT molecular complexity index is 663. The Morgan fingerprint density at radius 1 is 1.33 bits per heavy atom. The summed E-state index contributed by atoms with van der Waals surface area (Å²) in [6.45, 7) is 0.371. The zero-order chi connectivity index (χ0) is 16.4. The summed E-state index contributed by atoms with van der Waals surface area (Å²) < 4.78 is 26.0. The summed E-state index contributed by atoms with van der Waals surface area (Å²) in [4.78, 5) is 13.2. The van der Waals surface area contributed by atoms with Crippen LogP contribution in [0.2, 0.25) is 0 Å². The minimum absolute atomic E-state index is 0. The Morgan fingerprint density at radius 3 is 2.79 bits per heavy atom. The van der Waals surface area contributed by atoms with Gasteiger partial charge in [0.25, 0.3) is 0 Å². The molecule has 6 nitrogen and oxygen atoms in total. The second kappa shape index (κ2) is 8.14. The number of nitrogens with one attached hydrogen (secondary N) is 3. The van der Waals surface area contributed by atoms with Crippen LogP contribution >= 0.6 is 23.7 Å². The largest absolute Gasteiger partial charge is 0.350 e. The van der Waals surface area contributed by atoms with Crippen LogP contribution in [-0.4, -0.2) is 33.5 Å². The highest BCUT2D eigenvalue weighted by Gasteiger charge is 2.38. The van der Waals surface area contributed by atoms with Crippen molar-refractivity contribution in [1.82, 2.24) is 15.4 Å². The number of halogens is 1. The first kappa shape index (κ1) is 19.7. The van der Waals surface area contributed by atoms with Crippen molar-refractivity contribution in [2.45, 2.75) is 54.9 Å². The molecule has 2 fully saturated rings. The normalized spacial score (nSPS) is 26.5. The summed E-state index contributed by atoms with van der Waals surface area (Å²) in [7, 11) is -2.01. The lowest BCUT2D eigenvalue weighted by atomic mass is 9.85. The Morgan fingerprint density at radius 2 is 2.08 bits per heavy atom. The van der Waals surface area contributed by atoms with Gasteiger partial charge in [0.15, 0.2) is 0 Å². The van der Waals surface area contributed by atoms with Crippen LogP contribution in [-0.2, 0) is 21.4 Å². The van der Waals surface area contributed by atoms with Gasteiger partial charge < -0.3 is 10.6 Å². The van der Waals surface area contributed by atoms with Crippen LogP contribution in [0.4, 0.5) is 0 Å². The van der Waals surface area contributed by atoms with E-state index in [1.54, 1.807) is 12.1 Å². The van der Waals surface area contributed by atoms with Gasteiger partial charge >= 0.3 is 0 Å². The molecule has 24 heavy (non-hydrogen) atoms. The molecule has 2 heterocycles. The third kappa shape index (κ3) is 4.29. The molecule has 0 spiro atoms. The lowest BCUT2D eigenvalue weighted by Gasteiger charge is -2.24. The van der Waals surface area contributed by atoms with Gasteiger partial charge in [0, 0.05) is 10.9 Å². The molecule has 3 atom stereocenters. The maximum atomic E-state index is 12.3. The van der Waals surface area contributed by atoms with E-state index in [-0.39, 0.29) is 28.6 Å². The summed E-state index contributed by atoms with van der Waals surface area (Å²) in [6.07, 6.45) is 5.83. The van der Waals surface area contributed by atoms with Crippen molar-refractivity contribution in [3.05, 3.63) is 17.0 Å². The number of sulfonamides is 1. The van der Waals surface area contributed by atoms with E-state index in [9.17, 15) is 13.2 Å². The second-order valence-corrected chi connectivity index (χ2v) is 9.53. The minimum atomic E-state index is -3.40. The Hall–Kier alpha value is -0.670. The van der Waals surface area contributed by atoms with E-state index in [4.69, 9.17) is 0 Å². The van der Waals surface area contributed by atoms with E-state index in [0.717, 1.165) is 11.3 Å². The van der Waals surface area contributed by atoms with Crippen LogP contribution in [0, 0.1) is 5.92 Å². The van der Waals surface area contributed by atoms with Crippen molar-refractivity contribution in [1.29, 1.82) is 0 Å². The molecular weight excluding hydrogens is 370 g/mol. The van der Waals surface area contributed by atoms with Crippen LogP contribution in [0.1, 0.15) is 37.0 Å². The Balaban J connectivity index is 0.00000208. The number of fused-ring (bicyclic) bond motifs is 1. The second-order valence-electron chi connectivity index (χ2n) is 6.25. The third-order valence-corrected chi connectivity index (χ3v) is 7.78. The topological polar surface area (TPSA) is 87.3 Å². The van der Waals surface area contributed by atoms with Gasteiger partial charge in [0.1, 0.15) is 4.21 Å². The molecule has 2 aliphatic rings. The molecule has 1 aromatic rings. The van der Waals surface area contributed by atoms with Gasteiger partial charge in [-0.2, -0.15) is 0 Å². The highest BCUT2D eigenvalue weighted by atomic mass is 35.5. The fourth-order valence-electron chi connectivity index (χ4n) is 3.52. The van der Waals surface area contributed by atoms with Crippen LogP contribution in [0.3, 0.4) is 0 Å². The lowest BCUT2D eigenvalue weighted by Crippen LogP contribution is -2.42. The molecule has 136 valence electrons. The first-order valence-corrected chi connectivity index (χ1v) is 10.4. The summed E-state index contributed by atoms with van der Waals surface area (Å²) >= 11 is 1.18. The number of amides is 1. The number of thiophene rings is 1. The smallest absolute Gasteiger partial charge is 0.249 e. The van der Waals surface area contributed by atoms with Crippen molar-refractivity contribution in [3.63, 3.8) is 0 Å². The molecule has 1 saturated carbocycles. The zero-order valence-corrected chi connectivity index (χ0v) is 16.0. The van der Waals surface area contributed by atoms with Crippen LogP contribution < -0.4 is 15.4 Å². The monoisotopic (exact) mass is 393 g/mol. The lowest BCUT2D eigenvalue weighted by molar-refractivity contribution is -0.123. The van der Waals surface area contributed by atoms with Crippen LogP contribution in [0.25, 0.3) is 0 Å². The molecule has 1 aliphatic carbocycles. The van der Waals surface area contributed by atoms with Crippen molar-refractivity contribution in [2.75, 3.05) is 7.05 Å². The van der Waals surface area contributed by atoms with Gasteiger partial charge in [-0.05, 0) is 44.4 Å². The molecule has 9 heteroatoms. The van der Waals surface area contributed by atoms with E-state index in [1.165, 1.54) is 44.1 Å². The van der Waals surface area contributed by atoms with Crippen molar-refractivity contribution < 1.29 is 13.2 Å². The first-order valence-electron chi connectivity index (χ1n) is 8.05. The zero-order valence-electron chi connectivity index (χ0n) is 13.6. The Kier molecular flexibility index (Phi) is 6.66. The highest BCUT2D eigenvalue weighted by Crippen LogP contribution is 2.33. The van der Waals surface area contributed by atoms with E-state index in [2.05, 4.69) is 15.4 Å². The molecule has 0 aromatic carbocycles. The fraction of sp³-hybridized carbons (Fsp3) is 0.667. The molecule has 0 radical (unpaired) electrons. The highest BCUT2D eigenvalue weighted by molar-refractivity contribution is 7.91. The maximum Gasteiger partial charge on any atom is 0.249 e. The van der Waals surface area contributed by atoms with Gasteiger partial charge in [-0.3, -0.25) is 4.79 Å². The molecule has 1 saturated heterocycles. The summed E-state index contributed by atoms with van der Waals surface area (Å²) in [5, 5.41) is 6.38. The number of rotatable bonds is 5. The van der Waals surface area contributed by atoms with Gasteiger partial charge in [-0.1, -0.05) is 12.8 Å². The van der Waals surface area contributed by atoms with Crippen LogP contribution in [0.15, 0.2) is 16.3 Å². The third-order valence-electron chi connectivity index (χ3n) is 4.79. The molecule has 1 aliphatic heterocycles. The van der Waals surface area contributed by atoms with Crippen molar-refractivity contribution >= 4 is 39.7 Å². The van der Waals surface area contributed by atoms with Gasteiger partial charge in [-0.15, -0.1) is 23.7 Å². The Labute approximate surface area is 153 Å². The SMILES string of the molecule is CNS(=O)(=O)c1ccc(CNC(=O)C2CC3CCCCC3N2)s1.Cl. The van der Waals surface area contributed by atoms with E-state index in [0.29, 0.717) is 18.5 Å². The molecule has 1 amide bonds. The number of carbonyl (C=O) groups excluding carboxylic acids is 1. The predicted molar refractivity (Wildman–Crippen MR) is 96.9 cm³/mol. The maximum absolute atomic E-state index is 12.3. The van der Waals surface area contributed by atoms with E-state index >= 15 is 0 Å². The predicted octanol–water partition coefficient (Wildman–Crippen LogP) is 1.61. The van der Waals surface area contributed by atoms with Crippen molar-refractivity contribution in [2.24, 2.45) is 5.92 Å². The van der Waals surface area contributed by atoms with Crippen molar-refractivity contribution in [3.8, 4) is 0 Å². The summed E-state index contributed by atoms with van der Waals surface area (Å²) in [6, 6.07) is 3.70. The average molecular weight is 394 g/mol. The number of hydrogen-bond donors (Lipinski definition) is 3. The van der Waals surface area contributed by atoms with Gasteiger partial charge in [0.2, 0.25) is 15.9 Å². The molecule has 1 aromatic heterocycles. The minimum Gasteiger partial charge on any atom is -0.350 e. The fourth-order valence-corrected chi connectivity index (χ4v) is 5.65. The standard InChI is InChI=1S/C15H23N3O3S2.ClH/c1-16-23(20,21)14-7-6-11(22-14)9-17-15(19)13-8-10-4-2-3-5-12(10)18-13;/h6-7,10,12-13,16,18H,2-5,8-9H2,1H3,(H,17,19);1H. The average Bonchev–Trinajstić information content (AvgIpc) is 3.19. The number of carbonyl (C=O) groups is 1. The van der Waals surface area contributed by atoms with Gasteiger partial charge in [-0.25, -0.2) is 13.1 Å².